The number of pyridine rings is 1. The van der Waals surface area contributed by atoms with Crippen molar-refractivity contribution in [2.75, 3.05) is 5.32 Å². The van der Waals surface area contributed by atoms with Gasteiger partial charge in [-0.05, 0) is 19.1 Å². The van der Waals surface area contributed by atoms with E-state index in [2.05, 4.69) is 30.6 Å². The number of hydrogen-bond donors (Lipinski definition) is 2. The van der Waals surface area contributed by atoms with Gasteiger partial charge in [0.05, 0.1) is 23.1 Å². The zero-order valence-electron chi connectivity index (χ0n) is 10.5. The Hall–Kier alpha value is -3.03. The van der Waals surface area contributed by atoms with Crippen LogP contribution in [0.1, 0.15) is 16.3 Å². The normalized spacial score (nSPS) is 10.4. The van der Waals surface area contributed by atoms with Crippen molar-refractivity contribution in [3.05, 3.63) is 42.2 Å². The summed E-state index contributed by atoms with van der Waals surface area (Å²) in [6.45, 7) is 1.79. The van der Waals surface area contributed by atoms with Crippen LogP contribution in [0.3, 0.4) is 0 Å². The van der Waals surface area contributed by atoms with Crippen molar-refractivity contribution in [2.24, 2.45) is 0 Å². The maximum absolute atomic E-state index is 12.0. The summed E-state index contributed by atoms with van der Waals surface area (Å²) >= 11 is 0. The van der Waals surface area contributed by atoms with Gasteiger partial charge in [0.2, 0.25) is 0 Å². The molecule has 8 nitrogen and oxygen atoms in total. The third-order valence-corrected chi connectivity index (χ3v) is 2.62. The molecule has 0 spiro atoms. The number of aromatic amines is 1. The fourth-order valence-corrected chi connectivity index (χ4v) is 1.58. The van der Waals surface area contributed by atoms with Crippen molar-refractivity contribution in [2.45, 2.75) is 6.92 Å². The van der Waals surface area contributed by atoms with E-state index in [1.165, 1.54) is 6.20 Å². The van der Waals surface area contributed by atoms with E-state index in [-0.39, 0.29) is 11.7 Å². The number of nitrogens with one attached hydrogen (secondary N) is 2. The summed E-state index contributed by atoms with van der Waals surface area (Å²) in [5.74, 6) is -0.273. The Bertz CT molecular complexity index is 733. The van der Waals surface area contributed by atoms with Crippen molar-refractivity contribution < 1.29 is 9.32 Å². The Morgan fingerprint density at radius 2 is 2.30 bits per heavy atom. The summed E-state index contributed by atoms with van der Waals surface area (Å²) in [6.07, 6.45) is 4.72. The van der Waals surface area contributed by atoms with E-state index in [0.717, 1.165) is 5.69 Å². The average molecular weight is 270 g/mol. The van der Waals surface area contributed by atoms with Gasteiger partial charge in [-0.1, -0.05) is 5.16 Å². The van der Waals surface area contributed by atoms with Crippen molar-refractivity contribution in [3.8, 4) is 11.5 Å². The monoisotopic (exact) mass is 270 g/mol. The van der Waals surface area contributed by atoms with E-state index >= 15 is 0 Å². The number of nitrogens with zero attached hydrogens (tertiary/aromatic N) is 4. The van der Waals surface area contributed by atoms with Gasteiger partial charge in [-0.15, -0.1) is 0 Å². The molecular formula is C12H10N6O2. The van der Waals surface area contributed by atoms with Crippen molar-refractivity contribution in [1.82, 2.24) is 25.3 Å². The molecule has 0 aliphatic heterocycles. The molecule has 0 radical (unpaired) electrons. The van der Waals surface area contributed by atoms with Gasteiger partial charge in [0.1, 0.15) is 0 Å². The molecule has 8 heteroatoms. The summed E-state index contributed by atoms with van der Waals surface area (Å²) in [7, 11) is 0. The number of aryl methyl sites for hydroxylation is 1. The van der Waals surface area contributed by atoms with E-state index in [1.807, 2.05) is 0 Å². The number of hydrogen-bond acceptors (Lipinski definition) is 6. The first-order chi connectivity index (χ1) is 9.74. The van der Waals surface area contributed by atoms with Crippen LogP contribution in [0.2, 0.25) is 0 Å². The molecule has 0 unspecified atom stereocenters. The minimum absolute atomic E-state index is 0.0514. The standard InChI is InChI=1S/C12H10N6O2/c1-7-9(6-14-17-7)15-11(19)10-16-12(20-18-10)8-3-2-4-13-5-8/h2-6H,1H3,(H,14,17)(H,15,19). The van der Waals surface area contributed by atoms with Crippen molar-refractivity contribution in [1.29, 1.82) is 0 Å². The van der Waals surface area contributed by atoms with Gasteiger partial charge in [-0.2, -0.15) is 10.1 Å². The summed E-state index contributed by atoms with van der Waals surface area (Å²) in [6, 6.07) is 3.51. The summed E-state index contributed by atoms with van der Waals surface area (Å²) in [5.41, 5.74) is 1.97. The molecule has 3 rings (SSSR count). The number of carbonyl (C=O) groups is 1. The van der Waals surface area contributed by atoms with Crippen LogP contribution in [0.25, 0.3) is 11.5 Å². The molecular weight excluding hydrogens is 260 g/mol. The molecule has 3 aromatic rings. The van der Waals surface area contributed by atoms with Crippen LogP contribution in [0.15, 0.2) is 35.2 Å². The van der Waals surface area contributed by atoms with Gasteiger partial charge < -0.3 is 9.84 Å². The van der Waals surface area contributed by atoms with Gasteiger partial charge in [0.15, 0.2) is 0 Å². The van der Waals surface area contributed by atoms with Gasteiger partial charge >= 0.3 is 0 Å². The van der Waals surface area contributed by atoms with Crippen LogP contribution in [-0.2, 0) is 0 Å². The Morgan fingerprint density at radius 3 is 3.00 bits per heavy atom. The molecule has 0 aliphatic rings. The summed E-state index contributed by atoms with van der Waals surface area (Å²) in [4.78, 5) is 19.9. The number of carbonyl (C=O) groups excluding carboxylic acids is 1. The highest BCUT2D eigenvalue weighted by Gasteiger charge is 2.17. The molecule has 2 N–H and O–H groups in total. The van der Waals surface area contributed by atoms with Gasteiger partial charge in [0, 0.05) is 12.4 Å². The van der Waals surface area contributed by atoms with Gasteiger partial charge in [-0.25, -0.2) is 0 Å². The predicted octanol–water partition coefficient (Wildman–Crippen LogP) is 1.42. The lowest BCUT2D eigenvalue weighted by Crippen LogP contribution is -2.13. The van der Waals surface area contributed by atoms with E-state index in [9.17, 15) is 4.79 Å². The largest absolute Gasteiger partial charge is 0.333 e. The number of H-pyrrole nitrogens is 1. The molecule has 3 heterocycles. The van der Waals surface area contributed by atoms with E-state index in [1.54, 1.807) is 31.5 Å². The second-order valence-electron chi connectivity index (χ2n) is 4.03. The van der Waals surface area contributed by atoms with Crippen molar-refractivity contribution in [3.63, 3.8) is 0 Å². The van der Waals surface area contributed by atoms with Crippen LogP contribution < -0.4 is 5.32 Å². The van der Waals surface area contributed by atoms with Crippen LogP contribution in [0.5, 0.6) is 0 Å². The first kappa shape index (κ1) is 12.0. The van der Waals surface area contributed by atoms with Crippen molar-refractivity contribution >= 4 is 11.6 Å². The lowest BCUT2D eigenvalue weighted by Gasteiger charge is -1.98. The van der Waals surface area contributed by atoms with E-state index < -0.39 is 5.91 Å². The minimum atomic E-state index is -0.464. The Labute approximate surface area is 113 Å². The van der Waals surface area contributed by atoms with Crippen LogP contribution >= 0.6 is 0 Å². The van der Waals surface area contributed by atoms with E-state index in [4.69, 9.17) is 4.52 Å². The molecule has 0 aliphatic carbocycles. The quantitative estimate of drug-likeness (QED) is 0.744. The Morgan fingerprint density at radius 1 is 1.40 bits per heavy atom. The highest BCUT2D eigenvalue weighted by molar-refractivity contribution is 6.01. The molecule has 1 amide bonds. The second kappa shape index (κ2) is 4.92. The fourth-order valence-electron chi connectivity index (χ4n) is 1.58. The maximum Gasteiger partial charge on any atom is 0.297 e. The molecule has 100 valence electrons. The molecule has 3 aromatic heterocycles. The number of aromatic nitrogens is 5. The SMILES string of the molecule is Cc1[nH]ncc1NC(=O)c1noc(-c2cccnc2)n1. The van der Waals surface area contributed by atoms with Gasteiger partial charge in [-0.3, -0.25) is 14.9 Å². The highest BCUT2D eigenvalue weighted by Crippen LogP contribution is 2.16. The predicted molar refractivity (Wildman–Crippen MR) is 68.8 cm³/mol. The Kier molecular flexibility index (Phi) is 2.96. The number of amides is 1. The lowest BCUT2D eigenvalue weighted by molar-refractivity contribution is 0.101. The molecule has 0 bridgehead atoms. The molecule has 0 saturated heterocycles. The number of rotatable bonds is 3. The topological polar surface area (TPSA) is 110 Å². The molecule has 0 atom stereocenters. The van der Waals surface area contributed by atoms with Crippen LogP contribution in [0, 0.1) is 6.92 Å². The third kappa shape index (κ3) is 2.26. The van der Waals surface area contributed by atoms with E-state index in [0.29, 0.717) is 11.3 Å². The third-order valence-electron chi connectivity index (χ3n) is 2.62. The molecule has 0 fully saturated rings. The average Bonchev–Trinajstić information content (AvgIpc) is 3.10. The first-order valence-corrected chi connectivity index (χ1v) is 5.79. The molecule has 0 aromatic carbocycles. The first-order valence-electron chi connectivity index (χ1n) is 5.79. The smallest absolute Gasteiger partial charge is 0.297 e. The minimum Gasteiger partial charge on any atom is -0.333 e. The molecule has 0 saturated carbocycles. The van der Waals surface area contributed by atoms with Crippen LogP contribution in [0.4, 0.5) is 5.69 Å². The zero-order chi connectivity index (χ0) is 13.9. The fraction of sp³-hybridized carbons (Fsp3) is 0.0833. The lowest BCUT2D eigenvalue weighted by atomic mass is 10.3. The second-order valence-corrected chi connectivity index (χ2v) is 4.03. The Balaban J connectivity index is 1.80. The van der Waals surface area contributed by atoms with Gasteiger partial charge in [0.25, 0.3) is 17.6 Å². The summed E-state index contributed by atoms with van der Waals surface area (Å²) in [5, 5.41) is 12.8. The highest BCUT2D eigenvalue weighted by atomic mass is 16.5. The zero-order valence-corrected chi connectivity index (χ0v) is 10.5. The van der Waals surface area contributed by atoms with Crippen LogP contribution in [-0.4, -0.2) is 31.2 Å². The number of anilines is 1. The maximum atomic E-state index is 12.0. The molecule has 20 heavy (non-hydrogen) atoms. The summed E-state index contributed by atoms with van der Waals surface area (Å²) < 4.78 is 5.04.